The van der Waals surface area contributed by atoms with Gasteiger partial charge in [-0.3, -0.25) is 0 Å². The molecule has 1 saturated heterocycles. The van der Waals surface area contributed by atoms with Crippen LogP contribution in [0.25, 0.3) is 0 Å². The van der Waals surface area contributed by atoms with Crippen LogP contribution >= 0.6 is 0 Å². The van der Waals surface area contributed by atoms with E-state index in [2.05, 4.69) is 6.58 Å². The number of esters is 1. The Labute approximate surface area is 112 Å². The highest BCUT2D eigenvalue weighted by Crippen LogP contribution is 2.55. The molecule has 3 rings (SSSR count). The van der Waals surface area contributed by atoms with Crippen molar-refractivity contribution >= 4 is 5.97 Å². The van der Waals surface area contributed by atoms with Crippen LogP contribution in [0.15, 0.2) is 23.3 Å². The standard InChI is InChI=1S/C15H20O4/c1-7-9-4-5-15(3)11(17)6-10(16)8(2)12(15)13(9)19-14(7)18/h9-11,13,16-17H,1,4-6H2,2-3H3/t9-,10-,11+,13-,15-/m0/s1. The van der Waals surface area contributed by atoms with Gasteiger partial charge in [-0.2, -0.15) is 0 Å². The molecule has 4 nitrogen and oxygen atoms in total. The fourth-order valence-electron chi connectivity index (χ4n) is 3.96. The van der Waals surface area contributed by atoms with Crippen LogP contribution in [0.4, 0.5) is 0 Å². The minimum atomic E-state index is -0.649. The smallest absolute Gasteiger partial charge is 0.334 e. The van der Waals surface area contributed by atoms with Gasteiger partial charge in [0.05, 0.1) is 12.2 Å². The zero-order valence-corrected chi connectivity index (χ0v) is 11.3. The van der Waals surface area contributed by atoms with E-state index in [1.807, 2.05) is 13.8 Å². The Balaban J connectivity index is 2.11. The Bertz CT molecular complexity index is 492. The molecular formula is C15H20O4. The number of hydrogen-bond donors (Lipinski definition) is 2. The van der Waals surface area contributed by atoms with Crippen molar-refractivity contribution < 1.29 is 19.7 Å². The quantitative estimate of drug-likeness (QED) is 0.393. The molecule has 0 aromatic carbocycles. The highest BCUT2D eigenvalue weighted by atomic mass is 16.6. The maximum Gasteiger partial charge on any atom is 0.334 e. The van der Waals surface area contributed by atoms with E-state index in [0.717, 1.165) is 24.0 Å². The lowest BCUT2D eigenvalue weighted by Gasteiger charge is -2.49. The molecule has 0 unspecified atom stereocenters. The first-order valence-corrected chi connectivity index (χ1v) is 6.83. The lowest BCUT2D eigenvalue weighted by Crippen LogP contribution is -2.49. The summed E-state index contributed by atoms with van der Waals surface area (Å²) < 4.78 is 5.46. The van der Waals surface area contributed by atoms with Crippen molar-refractivity contribution in [3.63, 3.8) is 0 Å². The Kier molecular flexibility index (Phi) is 2.67. The van der Waals surface area contributed by atoms with E-state index in [1.54, 1.807) is 0 Å². The molecule has 0 amide bonds. The molecule has 5 atom stereocenters. The van der Waals surface area contributed by atoms with Gasteiger partial charge in [-0.15, -0.1) is 0 Å². The number of carbonyl (C=O) groups excluding carboxylic acids is 1. The van der Waals surface area contributed by atoms with Crippen LogP contribution in [0.2, 0.25) is 0 Å². The van der Waals surface area contributed by atoms with Crippen molar-refractivity contribution in [2.75, 3.05) is 0 Å². The third-order valence-corrected chi connectivity index (χ3v) is 5.29. The van der Waals surface area contributed by atoms with Gasteiger partial charge in [-0.25, -0.2) is 4.79 Å². The summed E-state index contributed by atoms with van der Waals surface area (Å²) in [5.74, 6) is -0.336. The van der Waals surface area contributed by atoms with Crippen molar-refractivity contribution in [2.24, 2.45) is 11.3 Å². The molecule has 0 aromatic heterocycles. The number of aliphatic hydroxyl groups is 2. The van der Waals surface area contributed by atoms with Crippen molar-refractivity contribution in [3.05, 3.63) is 23.3 Å². The Morgan fingerprint density at radius 1 is 1.42 bits per heavy atom. The predicted octanol–water partition coefficient (Wildman–Crippen LogP) is 1.33. The van der Waals surface area contributed by atoms with Crippen molar-refractivity contribution in [1.29, 1.82) is 0 Å². The Morgan fingerprint density at radius 3 is 2.79 bits per heavy atom. The number of carbonyl (C=O) groups is 1. The second kappa shape index (κ2) is 3.93. The van der Waals surface area contributed by atoms with Gasteiger partial charge < -0.3 is 14.9 Å². The van der Waals surface area contributed by atoms with Gasteiger partial charge in [0.25, 0.3) is 0 Å². The highest BCUT2D eigenvalue weighted by molar-refractivity contribution is 5.91. The average Bonchev–Trinajstić information content (AvgIpc) is 2.63. The fraction of sp³-hybridized carbons (Fsp3) is 0.667. The lowest BCUT2D eigenvalue weighted by molar-refractivity contribution is -0.139. The molecular weight excluding hydrogens is 244 g/mol. The number of ether oxygens (including phenoxy) is 1. The van der Waals surface area contributed by atoms with Gasteiger partial charge in [0.2, 0.25) is 0 Å². The maximum atomic E-state index is 11.7. The van der Waals surface area contributed by atoms with Gasteiger partial charge in [-0.1, -0.05) is 13.5 Å². The zero-order valence-electron chi connectivity index (χ0n) is 11.3. The number of hydrogen-bond acceptors (Lipinski definition) is 4. The molecule has 1 aliphatic heterocycles. The predicted molar refractivity (Wildman–Crippen MR) is 69.2 cm³/mol. The first kappa shape index (κ1) is 12.9. The van der Waals surface area contributed by atoms with Crippen LogP contribution in [-0.4, -0.2) is 34.5 Å². The third-order valence-electron chi connectivity index (χ3n) is 5.29. The Morgan fingerprint density at radius 2 is 2.11 bits per heavy atom. The highest BCUT2D eigenvalue weighted by Gasteiger charge is 2.55. The number of aliphatic hydroxyl groups excluding tert-OH is 2. The molecule has 19 heavy (non-hydrogen) atoms. The molecule has 0 radical (unpaired) electrons. The first-order chi connectivity index (χ1) is 8.86. The van der Waals surface area contributed by atoms with Crippen LogP contribution in [0.1, 0.15) is 33.1 Å². The minimum absolute atomic E-state index is 0.00280. The molecule has 104 valence electrons. The second-order valence-corrected chi connectivity index (χ2v) is 6.28. The summed E-state index contributed by atoms with van der Waals surface area (Å²) in [7, 11) is 0. The van der Waals surface area contributed by atoms with Gasteiger partial charge in [-0.05, 0) is 30.9 Å². The lowest BCUT2D eigenvalue weighted by atomic mass is 9.58. The minimum Gasteiger partial charge on any atom is -0.454 e. The summed E-state index contributed by atoms with van der Waals surface area (Å²) in [4.78, 5) is 11.7. The summed E-state index contributed by atoms with van der Waals surface area (Å²) in [6.45, 7) is 7.70. The molecule has 0 aromatic rings. The van der Waals surface area contributed by atoms with Crippen LogP contribution < -0.4 is 0 Å². The molecule has 4 heteroatoms. The number of rotatable bonds is 0. The van der Waals surface area contributed by atoms with Crippen LogP contribution in [-0.2, 0) is 9.53 Å². The average molecular weight is 264 g/mol. The van der Waals surface area contributed by atoms with Gasteiger partial charge in [0, 0.05) is 23.3 Å². The van der Waals surface area contributed by atoms with E-state index in [-0.39, 0.29) is 18.0 Å². The summed E-state index contributed by atoms with van der Waals surface area (Å²) in [6.07, 6.45) is 0.375. The van der Waals surface area contributed by atoms with E-state index >= 15 is 0 Å². The summed E-state index contributed by atoms with van der Waals surface area (Å²) in [5, 5.41) is 20.4. The SMILES string of the molecule is C=C1C(=O)O[C@@H]2C3=C(C)[C@@H](O)C[C@@H](O)[C@]3(C)CC[C@@H]12. The molecule has 2 fully saturated rings. The normalized spacial score (nSPS) is 45.9. The summed E-state index contributed by atoms with van der Waals surface area (Å²) >= 11 is 0. The molecule has 0 spiro atoms. The molecule has 1 saturated carbocycles. The summed E-state index contributed by atoms with van der Waals surface area (Å²) in [6, 6.07) is 0. The second-order valence-electron chi connectivity index (χ2n) is 6.28. The third kappa shape index (κ3) is 1.56. The number of fused-ring (bicyclic) bond motifs is 3. The van der Waals surface area contributed by atoms with E-state index < -0.39 is 17.6 Å². The van der Waals surface area contributed by atoms with Gasteiger partial charge in [0.15, 0.2) is 0 Å². The van der Waals surface area contributed by atoms with Gasteiger partial charge in [0.1, 0.15) is 6.10 Å². The molecule has 2 aliphatic carbocycles. The van der Waals surface area contributed by atoms with Crippen LogP contribution in [0.5, 0.6) is 0 Å². The van der Waals surface area contributed by atoms with E-state index in [0.29, 0.717) is 12.0 Å². The van der Waals surface area contributed by atoms with Crippen LogP contribution in [0.3, 0.4) is 0 Å². The maximum absolute atomic E-state index is 11.7. The largest absolute Gasteiger partial charge is 0.454 e. The van der Waals surface area contributed by atoms with Crippen molar-refractivity contribution in [3.8, 4) is 0 Å². The van der Waals surface area contributed by atoms with Crippen LogP contribution in [0, 0.1) is 11.3 Å². The topological polar surface area (TPSA) is 66.8 Å². The van der Waals surface area contributed by atoms with Gasteiger partial charge >= 0.3 is 5.97 Å². The van der Waals surface area contributed by atoms with E-state index in [9.17, 15) is 15.0 Å². The van der Waals surface area contributed by atoms with Crippen molar-refractivity contribution in [1.82, 2.24) is 0 Å². The monoisotopic (exact) mass is 264 g/mol. The molecule has 3 aliphatic rings. The molecule has 2 N–H and O–H groups in total. The van der Waals surface area contributed by atoms with E-state index in [4.69, 9.17) is 4.74 Å². The van der Waals surface area contributed by atoms with Crippen molar-refractivity contribution in [2.45, 2.75) is 51.4 Å². The fourth-order valence-corrected chi connectivity index (χ4v) is 3.96. The zero-order chi connectivity index (χ0) is 13.9. The molecule has 1 heterocycles. The van der Waals surface area contributed by atoms with E-state index in [1.165, 1.54) is 0 Å². The Hall–Kier alpha value is -1.13. The summed E-state index contributed by atoms with van der Waals surface area (Å²) in [5.41, 5.74) is 1.91. The first-order valence-electron chi connectivity index (χ1n) is 6.83. The molecule has 0 bridgehead atoms.